The molecule has 0 radical (unpaired) electrons. The lowest BCUT2D eigenvalue weighted by atomic mass is 10.1. The summed E-state index contributed by atoms with van der Waals surface area (Å²) >= 11 is 0. The van der Waals surface area contributed by atoms with Gasteiger partial charge in [-0.1, -0.05) is 54.6 Å². The van der Waals surface area contributed by atoms with Crippen LogP contribution in [0, 0.1) is 0 Å². The highest BCUT2D eigenvalue weighted by Gasteiger charge is 2.14. The Bertz CT molecular complexity index is 930. The number of carbonyl (C=O) groups is 4. The second kappa shape index (κ2) is 12.5. The van der Waals surface area contributed by atoms with Crippen molar-refractivity contribution in [3.63, 3.8) is 0 Å². The molecule has 0 aliphatic carbocycles. The van der Waals surface area contributed by atoms with Gasteiger partial charge in [0.2, 0.25) is 0 Å². The number of hydrogen-bond acceptors (Lipinski definition) is 4. The van der Waals surface area contributed by atoms with Crippen LogP contribution < -0.4 is 5.30 Å². The maximum absolute atomic E-state index is 10.5. The number of benzene rings is 3. The Kier molecular flexibility index (Phi) is 10.1. The SMILES string of the molecule is O=C(O)c1ccccc1C(=O)O.O=C(O)c1ccccc1C(=O)O.Pc1ccccc1. The molecule has 4 N–H and O–H groups in total. The molecule has 31 heavy (non-hydrogen) atoms. The van der Waals surface area contributed by atoms with Gasteiger partial charge in [0, 0.05) is 0 Å². The number of carboxylic acid groups (broad SMARTS) is 4. The smallest absolute Gasteiger partial charge is 0.336 e. The van der Waals surface area contributed by atoms with E-state index in [2.05, 4.69) is 9.24 Å². The van der Waals surface area contributed by atoms with E-state index in [0.29, 0.717) is 0 Å². The monoisotopic (exact) mass is 442 g/mol. The molecule has 0 heterocycles. The molecule has 0 fully saturated rings. The van der Waals surface area contributed by atoms with Gasteiger partial charge in [-0.2, -0.15) is 0 Å². The van der Waals surface area contributed by atoms with Gasteiger partial charge in [0.25, 0.3) is 0 Å². The van der Waals surface area contributed by atoms with Crippen LogP contribution in [-0.2, 0) is 0 Å². The van der Waals surface area contributed by atoms with Crippen LogP contribution in [0.25, 0.3) is 0 Å². The van der Waals surface area contributed by atoms with Crippen LogP contribution in [0.1, 0.15) is 41.4 Å². The average Bonchev–Trinajstić information content (AvgIpc) is 2.75. The van der Waals surface area contributed by atoms with Gasteiger partial charge in [-0.15, -0.1) is 9.24 Å². The summed E-state index contributed by atoms with van der Waals surface area (Å²) in [5, 5.41) is 35.4. The van der Waals surface area contributed by atoms with Gasteiger partial charge >= 0.3 is 23.9 Å². The number of carboxylic acids is 4. The van der Waals surface area contributed by atoms with Crippen molar-refractivity contribution in [1.82, 2.24) is 0 Å². The Balaban J connectivity index is 0.000000241. The molecule has 0 aliphatic rings. The third kappa shape index (κ3) is 8.47. The van der Waals surface area contributed by atoms with E-state index in [0.717, 1.165) is 0 Å². The minimum Gasteiger partial charge on any atom is -0.478 e. The van der Waals surface area contributed by atoms with Gasteiger partial charge in [-0.25, -0.2) is 19.2 Å². The predicted octanol–water partition coefficient (Wildman–Crippen LogP) is 3.35. The first-order valence-corrected chi connectivity index (χ1v) is 9.14. The highest BCUT2D eigenvalue weighted by molar-refractivity contribution is 7.27. The zero-order valence-electron chi connectivity index (χ0n) is 16.0. The standard InChI is InChI=1S/2C8H6O4.C6H7P/c2*9-7(10)5-3-1-2-4-6(5)8(11)12;7-6-4-2-1-3-5-6/h2*1-4H,(H,9,10)(H,11,12);1-5H,7H2. The maximum Gasteiger partial charge on any atom is 0.336 e. The van der Waals surface area contributed by atoms with Gasteiger partial charge in [0.05, 0.1) is 22.3 Å². The van der Waals surface area contributed by atoms with Crippen molar-refractivity contribution in [1.29, 1.82) is 0 Å². The minimum absolute atomic E-state index is 0.190. The van der Waals surface area contributed by atoms with E-state index in [-0.39, 0.29) is 22.3 Å². The third-order valence-corrected chi connectivity index (χ3v) is 3.96. The Morgan fingerprint density at radius 3 is 0.839 bits per heavy atom. The van der Waals surface area contributed by atoms with Crippen molar-refractivity contribution in [2.24, 2.45) is 0 Å². The Labute approximate surface area is 179 Å². The first kappa shape index (κ1) is 25.0. The predicted molar refractivity (Wildman–Crippen MR) is 117 cm³/mol. The first-order chi connectivity index (χ1) is 14.6. The van der Waals surface area contributed by atoms with E-state index in [9.17, 15) is 19.2 Å². The van der Waals surface area contributed by atoms with Crippen molar-refractivity contribution in [2.75, 3.05) is 0 Å². The number of aromatic carboxylic acids is 4. The van der Waals surface area contributed by atoms with E-state index < -0.39 is 23.9 Å². The molecule has 0 aliphatic heterocycles. The van der Waals surface area contributed by atoms with Crippen molar-refractivity contribution in [3.05, 3.63) is 101 Å². The number of rotatable bonds is 4. The summed E-state index contributed by atoms with van der Waals surface area (Å²) in [5.41, 5.74) is -0.759. The van der Waals surface area contributed by atoms with E-state index >= 15 is 0 Å². The normalized spacial score (nSPS) is 9.19. The van der Waals surface area contributed by atoms with Gasteiger partial charge in [0.1, 0.15) is 0 Å². The highest BCUT2D eigenvalue weighted by atomic mass is 31.0. The molecule has 8 nitrogen and oxygen atoms in total. The van der Waals surface area contributed by atoms with Crippen LogP contribution in [0.15, 0.2) is 78.9 Å². The minimum atomic E-state index is -1.23. The fraction of sp³-hybridized carbons (Fsp3) is 0. The maximum atomic E-state index is 10.5. The van der Waals surface area contributed by atoms with Crippen molar-refractivity contribution >= 4 is 38.4 Å². The van der Waals surface area contributed by atoms with Gasteiger partial charge in [-0.3, -0.25) is 0 Å². The topological polar surface area (TPSA) is 149 Å². The zero-order valence-corrected chi connectivity index (χ0v) is 17.2. The summed E-state index contributed by atoms with van der Waals surface area (Å²) < 4.78 is 0. The molecule has 1 unspecified atom stereocenters. The molecule has 9 heteroatoms. The molecule has 3 aromatic carbocycles. The Morgan fingerprint density at radius 1 is 0.452 bits per heavy atom. The van der Waals surface area contributed by atoms with Crippen molar-refractivity contribution in [3.8, 4) is 0 Å². The lowest BCUT2D eigenvalue weighted by molar-refractivity contribution is 0.0651. The van der Waals surface area contributed by atoms with Crippen LogP contribution in [0.2, 0.25) is 0 Å². The molecule has 3 aromatic rings. The summed E-state index contributed by atoms with van der Waals surface area (Å²) in [5.74, 6) is -4.91. The highest BCUT2D eigenvalue weighted by Crippen LogP contribution is 2.08. The van der Waals surface area contributed by atoms with Crippen LogP contribution in [0.3, 0.4) is 0 Å². The molecule has 3 rings (SSSR count). The van der Waals surface area contributed by atoms with Crippen molar-refractivity contribution in [2.45, 2.75) is 0 Å². The van der Waals surface area contributed by atoms with Crippen LogP contribution in [0.4, 0.5) is 0 Å². The van der Waals surface area contributed by atoms with Crippen LogP contribution in [-0.4, -0.2) is 44.3 Å². The summed E-state index contributed by atoms with van der Waals surface area (Å²) in [6.45, 7) is 0. The van der Waals surface area contributed by atoms with E-state index in [1.807, 2.05) is 30.3 Å². The fourth-order valence-electron chi connectivity index (χ4n) is 2.17. The van der Waals surface area contributed by atoms with Crippen LogP contribution >= 0.6 is 9.24 Å². The van der Waals surface area contributed by atoms with E-state index in [4.69, 9.17) is 20.4 Å². The molecule has 0 aromatic heterocycles. The summed E-state index contributed by atoms with van der Waals surface area (Å²) in [6, 6.07) is 21.1. The lowest BCUT2D eigenvalue weighted by Crippen LogP contribution is -2.06. The Hall–Kier alpha value is -4.03. The number of hydrogen-bond donors (Lipinski definition) is 4. The van der Waals surface area contributed by atoms with E-state index in [1.165, 1.54) is 53.8 Å². The molecular weight excluding hydrogens is 423 g/mol. The van der Waals surface area contributed by atoms with Gasteiger partial charge < -0.3 is 20.4 Å². The average molecular weight is 442 g/mol. The Morgan fingerprint density at radius 2 is 0.677 bits per heavy atom. The third-order valence-electron chi connectivity index (χ3n) is 3.58. The molecule has 0 amide bonds. The molecule has 0 bridgehead atoms. The quantitative estimate of drug-likeness (QED) is 0.450. The molecule has 0 saturated heterocycles. The second-order valence-electron chi connectivity index (χ2n) is 5.72. The van der Waals surface area contributed by atoms with Crippen LogP contribution in [0.5, 0.6) is 0 Å². The second-order valence-corrected chi connectivity index (χ2v) is 6.39. The fourth-order valence-corrected chi connectivity index (χ4v) is 2.39. The molecule has 0 spiro atoms. The summed E-state index contributed by atoms with van der Waals surface area (Å²) in [4.78, 5) is 41.9. The molecule has 1 atom stereocenters. The first-order valence-electron chi connectivity index (χ1n) is 8.56. The van der Waals surface area contributed by atoms with Crippen molar-refractivity contribution < 1.29 is 39.6 Å². The van der Waals surface area contributed by atoms with Gasteiger partial charge in [-0.05, 0) is 29.6 Å². The molecular formula is C22H19O8P. The molecule has 160 valence electrons. The largest absolute Gasteiger partial charge is 0.478 e. The lowest BCUT2D eigenvalue weighted by Gasteiger charge is -1.98. The van der Waals surface area contributed by atoms with Gasteiger partial charge in [0.15, 0.2) is 0 Å². The van der Waals surface area contributed by atoms with E-state index in [1.54, 1.807) is 0 Å². The molecule has 0 saturated carbocycles. The summed E-state index contributed by atoms with van der Waals surface area (Å²) in [7, 11) is 2.63. The summed E-state index contributed by atoms with van der Waals surface area (Å²) in [6.07, 6.45) is 0. The zero-order chi connectivity index (χ0) is 23.4.